The van der Waals surface area contributed by atoms with Gasteiger partial charge >= 0.3 is 0 Å². The molecule has 1 heterocycles. The summed E-state index contributed by atoms with van der Waals surface area (Å²) in [7, 11) is 2.02. The van der Waals surface area contributed by atoms with E-state index in [0.717, 1.165) is 18.8 Å². The third-order valence-corrected chi connectivity index (χ3v) is 1.71. The van der Waals surface area contributed by atoms with Crippen molar-refractivity contribution in [2.24, 2.45) is 11.1 Å². The van der Waals surface area contributed by atoms with Gasteiger partial charge in [0.25, 0.3) is 0 Å². The number of likely N-dealkylation sites (tertiary alicyclic amines) is 1. The van der Waals surface area contributed by atoms with Crippen molar-refractivity contribution in [2.45, 2.75) is 20.8 Å². The van der Waals surface area contributed by atoms with Gasteiger partial charge in [0.15, 0.2) is 0 Å². The van der Waals surface area contributed by atoms with E-state index >= 15 is 0 Å². The first-order chi connectivity index (χ1) is 5.24. The van der Waals surface area contributed by atoms with E-state index in [1.54, 1.807) is 0 Å². The van der Waals surface area contributed by atoms with Crippen LogP contribution in [-0.4, -0.2) is 36.0 Å². The third kappa shape index (κ3) is 2.89. The fraction of sp³-hybridized carbons (Fsp3) is 0.875. The maximum atomic E-state index is 8.42. The predicted molar refractivity (Wildman–Crippen MR) is 47.2 cm³/mol. The van der Waals surface area contributed by atoms with Crippen molar-refractivity contribution in [3.05, 3.63) is 0 Å². The maximum Gasteiger partial charge on any atom is 0.0751 e. The molecule has 0 aromatic rings. The molecular formula is C8H18N2O. The molecule has 1 rings (SSSR count). The highest BCUT2D eigenvalue weighted by atomic mass is 16.4. The summed E-state index contributed by atoms with van der Waals surface area (Å²) >= 11 is 0. The lowest BCUT2D eigenvalue weighted by molar-refractivity contribution is 0.316. The van der Waals surface area contributed by atoms with Crippen molar-refractivity contribution >= 4 is 5.71 Å². The minimum atomic E-state index is 0.431. The van der Waals surface area contributed by atoms with E-state index in [1.807, 2.05) is 20.9 Å². The van der Waals surface area contributed by atoms with Gasteiger partial charge in [-0.1, -0.05) is 25.9 Å². The molecule has 0 aromatic carbocycles. The molecule has 1 unspecified atom stereocenters. The van der Waals surface area contributed by atoms with Gasteiger partial charge in [0, 0.05) is 19.0 Å². The second kappa shape index (κ2) is 5.13. The predicted octanol–water partition coefficient (Wildman–Crippen LogP) is 1.42. The van der Waals surface area contributed by atoms with Crippen LogP contribution in [0.1, 0.15) is 20.8 Å². The van der Waals surface area contributed by atoms with Crippen LogP contribution in [-0.2, 0) is 0 Å². The highest BCUT2D eigenvalue weighted by molar-refractivity contribution is 5.89. The van der Waals surface area contributed by atoms with Crippen LogP contribution >= 0.6 is 0 Å². The first-order valence-corrected chi connectivity index (χ1v) is 4.13. The summed E-state index contributed by atoms with van der Waals surface area (Å²) in [6.45, 7) is 7.90. The zero-order valence-corrected chi connectivity index (χ0v) is 7.83. The third-order valence-electron chi connectivity index (χ3n) is 1.71. The monoisotopic (exact) mass is 158 g/mol. The molecular weight excluding hydrogens is 140 g/mol. The molecule has 0 amide bonds. The first kappa shape index (κ1) is 10.4. The average molecular weight is 158 g/mol. The molecule has 1 aliphatic rings. The van der Waals surface area contributed by atoms with Crippen LogP contribution in [0.15, 0.2) is 5.16 Å². The molecule has 0 spiro atoms. The first-order valence-electron chi connectivity index (χ1n) is 4.13. The van der Waals surface area contributed by atoms with Crippen molar-refractivity contribution < 1.29 is 5.21 Å². The summed E-state index contributed by atoms with van der Waals surface area (Å²) in [5, 5.41) is 11.6. The van der Waals surface area contributed by atoms with E-state index in [1.165, 1.54) is 0 Å². The zero-order chi connectivity index (χ0) is 8.85. The molecule has 0 radical (unpaired) electrons. The molecule has 1 atom stereocenters. The molecule has 1 saturated heterocycles. The van der Waals surface area contributed by atoms with Crippen LogP contribution in [0.2, 0.25) is 0 Å². The SMILES string of the molecule is CC.CC1CN(C)C/C1=N/O. The molecule has 1 fully saturated rings. The van der Waals surface area contributed by atoms with E-state index < -0.39 is 0 Å². The van der Waals surface area contributed by atoms with Gasteiger partial charge in [-0.3, -0.25) is 0 Å². The van der Waals surface area contributed by atoms with Crippen LogP contribution in [0.4, 0.5) is 0 Å². The van der Waals surface area contributed by atoms with Gasteiger partial charge in [-0.05, 0) is 7.05 Å². The average Bonchev–Trinajstić information content (AvgIpc) is 2.33. The zero-order valence-electron chi connectivity index (χ0n) is 7.83. The molecule has 0 aliphatic carbocycles. The molecule has 1 N–H and O–H groups in total. The van der Waals surface area contributed by atoms with Gasteiger partial charge in [0.2, 0.25) is 0 Å². The molecule has 0 bridgehead atoms. The van der Waals surface area contributed by atoms with Crippen molar-refractivity contribution in [3.63, 3.8) is 0 Å². The summed E-state index contributed by atoms with van der Waals surface area (Å²) < 4.78 is 0. The van der Waals surface area contributed by atoms with Gasteiger partial charge in [-0.15, -0.1) is 0 Å². The highest BCUT2D eigenvalue weighted by Gasteiger charge is 2.22. The smallest absolute Gasteiger partial charge is 0.0751 e. The summed E-state index contributed by atoms with van der Waals surface area (Å²) in [5.74, 6) is 0.431. The van der Waals surface area contributed by atoms with Crippen LogP contribution in [0, 0.1) is 5.92 Å². The summed E-state index contributed by atoms with van der Waals surface area (Å²) in [5.41, 5.74) is 0.900. The number of rotatable bonds is 0. The van der Waals surface area contributed by atoms with Gasteiger partial charge in [0.1, 0.15) is 0 Å². The summed E-state index contributed by atoms with van der Waals surface area (Å²) in [4.78, 5) is 2.14. The lowest BCUT2D eigenvalue weighted by atomic mass is 10.1. The fourth-order valence-electron chi connectivity index (χ4n) is 1.20. The van der Waals surface area contributed by atoms with E-state index in [2.05, 4.69) is 17.0 Å². The quantitative estimate of drug-likeness (QED) is 0.427. The largest absolute Gasteiger partial charge is 0.411 e. The molecule has 0 saturated carbocycles. The number of hydrogen-bond donors (Lipinski definition) is 1. The minimum absolute atomic E-state index is 0.431. The van der Waals surface area contributed by atoms with Gasteiger partial charge in [-0.2, -0.15) is 0 Å². The molecule has 11 heavy (non-hydrogen) atoms. The van der Waals surface area contributed by atoms with E-state index in [-0.39, 0.29) is 0 Å². The van der Waals surface area contributed by atoms with Crippen molar-refractivity contribution in [1.82, 2.24) is 4.90 Å². The summed E-state index contributed by atoms with van der Waals surface area (Å²) in [6.07, 6.45) is 0. The maximum absolute atomic E-state index is 8.42. The lowest BCUT2D eigenvalue weighted by Gasteiger charge is -2.02. The van der Waals surface area contributed by atoms with E-state index in [9.17, 15) is 0 Å². The Bertz CT molecular complexity index is 134. The van der Waals surface area contributed by atoms with Crippen molar-refractivity contribution in [1.29, 1.82) is 0 Å². The van der Waals surface area contributed by atoms with Crippen LogP contribution in [0.25, 0.3) is 0 Å². The highest BCUT2D eigenvalue weighted by Crippen LogP contribution is 2.09. The van der Waals surface area contributed by atoms with Crippen LogP contribution in [0.3, 0.4) is 0 Å². The second-order valence-electron chi connectivity index (χ2n) is 2.69. The van der Waals surface area contributed by atoms with Gasteiger partial charge in [-0.25, -0.2) is 0 Å². The van der Waals surface area contributed by atoms with Crippen LogP contribution in [0.5, 0.6) is 0 Å². The van der Waals surface area contributed by atoms with E-state index in [4.69, 9.17) is 5.21 Å². The number of hydrogen-bond acceptors (Lipinski definition) is 3. The topological polar surface area (TPSA) is 35.8 Å². The molecule has 3 nitrogen and oxygen atoms in total. The number of oxime groups is 1. The summed E-state index contributed by atoms with van der Waals surface area (Å²) in [6, 6.07) is 0. The Morgan fingerprint density at radius 1 is 1.55 bits per heavy atom. The van der Waals surface area contributed by atoms with Gasteiger partial charge < -0.3 is 10.1 Å². The Balaban J connectivity index is 0.000000461. The second-order valence-corrected chi connectivity index (χ2v) is 2.69. The minimum Gasteiger partial charge on any atom is -0.411 e. The lowest BCUT2D eigenvalue weighted by Crippen LogP contribution is -2.13. The Labute approximate surface area is 68.7 Å². The van der Waals surface area contributed by atoms with E-state index in [0.29, 0.717) is 5.92 Å². The van der Waals surface area contributed by atoms with Crippen molar-refractivity contribution in [3.8, 4) is 0 Å². The Morgan fingerprint density at radius 3 is 2.27 bits per heavy atom. The Hall–Kier alpha value is -0.570. The Kier molecular flexibility index (Phi) is 4.86. The number of nitrogens with zero attached hydrogens (tertiary/aromatic N) is 2. The molecule has 0 aromatic heterocycles. The Morgan fingerprint density at radius 2 is 2.09 bits per heavy atom. The fourth-order valence-corrected chi connectivity index (χ4v) is 1.20. The standard InChI is InChI=1S/C6H12N2O.C2H6/c1-5-3-8(2)4-6(5)7-9;1-2/h5,9H,3-4H2,1-2H3;1-2H3/b7-6-;. The molecule has 1 aliphatic heterocycles. The van der Waals surface area contributed by atoms with Crippen LogP contribution < -0.4 is 0 Å². The molecule has 66 valence electrons. The molecule has 3 heteroatoms. The van der Waals surface area contributed by atoms with Crippen molar-refractivity contribution in [2.75, 3.05) is 20.1 Å². The van der Waals surface area contributed by atoms with Gasteiger partial charge in [0.05, 0.1) is 5.71 Å². The normalized spacial score (nSPS) is 28.4.